The van der Waals surface area contributed by atoms with Gasteiger partial charge in [-0.15, -0.1) is 0 Å². The Morgan fingerprint density at radius 1 is 1.22 bits per heavy atom. The second-order valence-corrected chi connectivity index (χ2v) is 4.43. The van der Waals surface area contributed by atoms with Crippen molar-refractivity contribution in [1.29, 1.82) is 0 Å². The first-order chi connectivity index (χ1) is 8.69. The normalized spacial score (nSPS) is 12.2. The summed E-state index contributed by atoms with van der Waals surface area (Å²) in [4.78, 5) is 4.19. The molecule has 0 saturated heterocycles. The van der Waals surface area contributed by atoms with E-state index in [9.17, 15) is 0 Å². The molecular formula is C14H15ClN2O. The van der Waals surface area contributed by atoms with Crippen LogP contribution in [0.4, 0.5) is 0 Å². The Labute approximate surface area is 112 Å². The molecule has 0 aliphatic carbocycles. The number of halogens is 1. The third-order valence-corrected chi connectivity index (χ3v) is 2.98. The lowest BCUT2D eigenvalue weighted by Crippen LogP contribution is -2.12. The van der Waals surface area contributed by atoms with Crippen LogP contribution in [0.15, 0.2) is 42.6 Å². The SMILES string of the molecule is CNC(C)c1ccnc(Oc2ccc(Cl)cc2)c1. The van der Waals surface area contributed by atoms with Crippen LogP contribution in [0.25, 0.3) is 0 Å². The van der Waals surface area contributed by atoms with E-state index in [2.05, 4.69) is 17.2 Å². The molecule has 94 valence electrons. The first-order valence-electron chi connectivity index (χ1n) is 5.75. The third-order valence-electron chi connectivity index (χ3n) is 2.73. The van der Waals surface area contributed by atoms with Gasteiger partial charge in [0.2, 0.25) is 5.88 Å². The van der Waals surface area contributed by atoms with Crippen molar-refractivity contribution in [3.8, 4) is 11.6 Å². The Kier molecular flexibility index (Phi) is 4.18. The van der Waals surface area contributed by atoms with Gasteiger partial charge in [0.25, 0.3) is 0 Å². The zero-order valence-electron chi connectivity index (χ0n) is 10.4. The van der Waals surface area contributed by atoms with Crippen LogP contribution >= 0.6 is 11.6 Å². The highest BCUT2D eigenvalue weighted by Gasteiger charge is 2.05. The Bertz CT molecular complexity index is 513. The van der Waals surface area contributed by atoms with Gasteiger partial charge in [-0.3, -0.25) is 0 Å². The van der Waals surface area contributed by atoms with Gasteiger partial charge in [0.15, 0.2) is 0 Å². The van der Waals surface area contributed by atoms with Crippen molar-refractivity contribution in [2.75, 3.05) is 7.05 Å². The lowest BCUT2D eigenvalue weighted by atomic mass is 10.1. The second kappa shape index (κ2) is 5.85. The Morgan fingerprint density at radius 2 is 1.94 bits per heavy atom. The molecule has 1 heterocycles. The fraction of sp³-hybridized carbons (Fsp3) is 0.214. The Balaban J connectivity index is 2.16. The van der Waals surface area contributed by atoms with Crippen LogP contribution in [0.3, 0.4) is 0 Å². The summed E-state index contributed by atoms with van der Waals surface area (Å²) in [6.45, 7) is 2.08. The number of rotatable bonds is 4. The summed E-state index contributed by atoms with van der Waals surface area (Å²) in [5.41, 5.74) is 1.14. The van der Waals surface area contributed by atoms with Gasteiger partial charge in [0.1, 0.15) is 5.75 Å². The molecule has 0 fully saturated rings. The molecule has 1 aromatic carbocycles. The summed E-state index contributed by atoms with van der Waals surface area (Å²) in [7, 11) is 1.92. The molecule has 2 aromatic rings. The zero-order valence-corrected chi connectivity index (χ0v) is 11.1. The quantitative estimate of drug-likeness (QED) is 0.910. The van der Waals surface area contributed by atoms with Crippen LogP contribution in [0.1, 0.15) is 18.5 Å². The van der Waals surface area contributed by atoms with E-state index in [4.69, 9.17) is 16.3 Å². The van der Waals surface area contributed by atoms with E-state index in [1.807, 2.05) is 31.3 Å². The van der Waals surface area contributed by atoms with E-state index in [0.29, 0.717) is 10.9 Å². The molecule has 0 spiro atoms. The summed E-state index contributed by atoms with van der Waals surface area (Å²) < 4.78 is 5.67. The summed E-state index contributed by atoms with van der Waals surface area (Å²) in [5.74, 6) is 1.30. The van der Waals surface area contributed by atoms with Gasteiger partial charge in [-0.25, -0.2) is 4.98 Å². The van der Waals surface area contributed by atoms with Gasteiger partial charge in [0, 0.05) is 23.3 Å². The predicted molar refractivity (Wildman–Crippen MR) is 73.2 cm³/mol. The molecule has 0 amide bonds. The lowest BCUT2D eigenvalue weighted by molar-refractivity contribution is 0.461. The van der Waals surface area contributed by atoms with Gasteiger partial charge in [-0.2, -0.15) is 0 Å². The van der Waals surface area contributed by atoms with Crippen LogP contribution < -0.4 is 10.1 Å². The number of hydrogen-bond donors (Lipinski definition) is 1. The van der Waals surface area contributed by atoms with E-state index >= 15 is 0 Å². The standard InChI is InChI=1S/C14H15ClN2O/c1-10(16-2)11-7-8-17-14(9-11)18-13-5-3-12(15)4-6-13/h3-10,16H,1-2H3. The van der Waals surface area contributed by atoms with Gasteiger partial charge in [-0.1, -0.05) is 11.6 Å². The molecule has 1 atom stereocenters. The fourth-order valence-electron chi connectivity index (χ4n) is 1.54. The molecule has 1 aromatic heterocycles. The topological polar surface area (TPSA) is 34.2 Å². The molecule has 0 saturated carbocycles. The van der Waals surface area contributed by atoms with Gasteiger partial charge < -0.3 is 10.1 Å². The van der Waals surface area contributed by atoms with E-state index in [0.717, 1.165) is 11.3 Å². The minimum atomic E-state index is 0.264. The summed E-state index contributed by atoms with van der Waals surface area (Å²) >= 11 is 5.82. The van der Waals surface area contributed by atoms with Crippen molar-refractivity contribution >= 4 is 11.6 Å². The highest BCUT2D eigenvalue weighted by atomic mass is 35.5. The molecular weight excluding hydrogens is 248 g/mol. The van der Waals surface area contributed by atoms with E-state index in [1.54, 1.807) is 18.3 Å². The maximum Gasteiger partial charge on any atom is 0.219 e. The molecule has 2 rings (SSSR count). The molecule has 1 N–H and O–H groups in total. The first kappa shape index (κ1) is 12.9. The molecule has 1 unspecified atom stereocenters. The van der Waals surface area contributed by atoms with Crippen molar-refractivity contribution in [2.24, 2.45) is 0 Å². The van der Waals surface area contributed by atoms with Gasteiger partial charge >= 0.3 is 0 Å². The fourth-order valence-corrected chi connectivity index (χ4v) is 1.67. The summed E-state index contributed by atoms with van der Waals surface area (Å²) in [6, 6.07) is 11.4. The smallest absolute Gasteiger partial charge is 0.219 e. The van der Waals surface area contributed by atoms with Crippen LogP contribution in [-0.4, -0.2) is 12.0 Å². The number of benzene rings is 1. The molecule has 0 bridgehead atoms. The van der Waals surface area contributed by atoms with Crippen LogP contribution in [0.2, 0.25) is 5.02 Å². The third kappa shape index (κ3) is 3.22. The van der Waals surface area contributed by atoms with E-state index < -0.39 is 0 Å². The minimum Gasteiger partial charge on any atom is -0.439 e. The molecule has 18 heavy (non-hydrogen) atoms. The molecule has 3 nitrogen and oxygen atoms in total. The van der Waals surface area contributed by atoms with E-state index in [1.165, 1.54) is 0 Å². The van der Waals surface area contributed by atoms with Crippen LogP contribution in [-0.2, 0) is 0 Å². The lowest BCUT2D eigenvalue weighted by Gasteiger charge is -2.11. The van der Waals surface area contributed by atoms with Crippen molar-refractivity contribution < 1.29 is 4.74 Å². The average molecular weight is 263 g/mol. The molecule has 0 aliphatic rings. The van der Waals surface area contributed by atoms with Crippen molar-refractivity contribution in [2.45, 2.75) is 13.0 Å². The zero-order chi connectivity index (χ0) is 13.0. The Hall–Kier alpha value is -1.58. The number of ether oxygens (including phenoxy) is 1. The molecule has 4 heteroatoms. The maximum absolute atomic E-state index is 5.82. The molecule has 0 aliphatic heterocycles. The van der Waals surface area contributed by atoms with Crippen LogP contribution in [0.5, 0.6) is 11.6 Å². The number of hydrogen-bond acceptors (Lipinski definition) is 3. The summed E-state index contributed by atoms with van der Waals surface area (Å²) in [5, 5.41) is 3.87. The predicted octanol–water partition coefficient (Wildman–Crippen LogP) is 3.81. The number of aromatic nitrogens is 1. The molecule has 0 radical (unpaired) electrons. The Morgan fingerprint density at radius 3 is 2.61 bits per heavy atom. The van der Waals surface area contributed by atoms with Crippen LogP contribution in [0, 0.1) is 0 Å². The van der Waals surface area contributed by atoms with Crippen molar-refractivity contribution in [3.63, 3.8) is 0 Å². The minimum absolute atomic E-state index is 0.264. The maximum atomic E-state index is 5.82. The second-order valence-electron chi connectivity index (χ2n) is 3.99. The van der Waals surface area contributed by atoms with Gasteiger partial charge in [-0.05, 0) is 49.9 Å². The average Bonchev–Trinajstić information content (AvgIpc) is 2.41. The summed E-state index contributed by atoms with van der Waals surface area (Å²) in [6.07, 6.45) is 1.74. The first-order valence-corrected chi connectivity index (χ1v) is 6.13. The number of nitrogens with one attached hydrogen (secondary N) is 1. The van der Waals surface area contributed by atoms with Gasteiger partial charge in [0.05, 0.1) is 0 Å². The van der Waals surface area contributed by atoms with Crippen molar-refractivity contribution in [3.05, 3.63) is 53.2 Å². The largest absolute Gasteiger partial charge is 0.439 e. The monoisotopic (exact) mass is 262 g/mol. The van der Waals surface area contributed by atoms with E-state index in [-0.39, 0.29) is 6.04 Å². The highest BCUT2D eigenvalue weighted by Crippen LogP contribution is 2.23. The van der Waals surface area contributed by atoms with Crippen molar-refractivity contribution in [1.82, 2.24) is 10.3 Å². The number of pyridine rings is 1. The number of nitrogens with zero attached hydrogens (tertiary/aromatic N) is 1. The highest BCUT2D eigenvalue weighted by molar-refractivity contribution is 6.30.